The molecule has 204 valence electrons. The van der Waals surface area contributed by atoms with Gasteiger partial charge in [0.2, 0.25) is 0 Å². The summed E-state index contributed by atoms with van der Waals surface area (Å²) in [6, 6.07) is 0. The Morgan fingerprint density at radius 2 is 0.868 bits per heavy atom. The van der Waals surface area contributed by atoms with E-state index in [1.165, 1.54) is 0 Å². The Labute approximate surface area is 224 Å². The summed E-state index contributed by atoms with van der Waals surface area (Å²) in [5.74, 6) is -10.6. The molecule has 4 rings (SSSR count). The molecule has 0 aliphatic heterocycles. The van der Waals surface area contributed by atoms with E-state index in [0.29, 0.717) is 22.9 Å². The van der Waals surface area contributed by atoms with Gasteiger partial charge in [0.25, 0.3) is 0 Å². The molecule has 2 aromatic heterocycles. The molecule has 0 spiro atoms. The van der Waals surface area contributed by atoms with Crippen LogP contribution in [0.2, 0.25) is 0 Å². The maximum atomic E-state index is 15.6. The van der Waals surface area contributed by atoms with Crippen LogP contribution in [-0.4, -0.2) is 20.4 Å². The standard InChI is InChI=1S/C26H26F6N4S2/c1-3-5-7-9-11-13-33-35-25(37-13)17-19(27)15-16(21(29)23(17)31)22(30)24(32)18(20(15)28)26-36-34-14(38-26)12-10-8-6-4-2/h3-12H2,1-2H3. The van der Waals surface area contributed by atoms with Crippen LogP contribution in [0.4, 0.5) is 26.3 Å². The fourth-order valence-corrected chi connectivity index (χ4v) is 6.03. The van der Waals surface area contributed by atoms with Crippen molar-refractivity contribution in [2.24, 2.45) is 0 Å². The highest BCUT2D eigenvalue weighted by Crippen LogP contribution is 2.42. The number of rotatable bonds is 12. The van der Waals surface area contributed by atoms with E-state index >= 15 is 8.78 Å². The lowest BCUT2D eigenvalue weighted by atomic mass is 10.00. The highest BCUT2D eigenvalue weighted by atomic mass is 32.1. The Hall–Kier alpha value is -2.60. The lowest BCUT2D eigenvalue weighted by Gasteiger charge is -2.12. The van der Waals surface area contributed by atoms with Gasteiger partial charge in [0.1, 0.15) is 21.6 Å². The molecule has 2 aromatic carbocycles. The SMILES string of the molecule is CCCCCCc1nnc(-c2c(F)c(F)c3c(F)c(F)c(-c4nnc(CCCCCC)s4)c(F)c3c2F)s1. The average molecular weight is 573 g/mol. The number of hydrogen-bond donors (Lipinski definition) is 0. The Morgan fingerprint density at radius 3 is 1.26 bits per heavy atom. The molecule has 0 unspecified atom stereocenters. The summed E-state index contributed by atoms with van der Waals surface area (Å²) in [5, 5.41) is 13.0. The van der Waals surface area contributed by atoms with E-state index in [1.54, 1.807) is 0 Å². The van der Waals surface area contributed by atoms with Gasteiger partial charge in [0.05, 0.1) is 21.9 Å². The van der Waals surface area contributed by atoms with Crippen molar-refractivity contribution < 1.29 is 26.3 Å². The quantitative estimate of drug-likeness (QED) is 0.0966. The molecule has 4 nitrogen and oxygen atoms in total. The van der Waals surface area contributed by atoms with Crippen molar-refractivity contribution >= 4 is 33.4 Å². The maximum Gasteiger partial charge on any atom is 0.172 e. The third-order valence-electron chi connectivity index (χ3n) is 6.24. The van der Waals surface area contributed by atoms with Crippen LogP contribution in [0.5, 0.6) is 0 Å². The predicted molar refractivity (Wildman–Crippen MR) is 137 cm³/mol. The van der Waals surface area contributed by atoms with Gasteiger partial charge in [-0.15, -0.1) is 20.4 Å². The van der Waals surface area contributed by atoms with E-state index in [4.69, 9.17) is 0 Å². The first-order valence-corrected chi connectivity index (χ1v) is 14.2. The molecule has 2 heterocycles. The van der Waals surface area contributed by atoms with Crippen LogP contribution in [-0.2, 0) is 12.8 Å². The smallest absolute Gasteiger partial charge is 0.172 e. The van der Waals surface area contributed by atoms with Crippen LogP contribution in [0.25, 0.3) is 31.9 Å². The molecule has 0 aliphatic carbocycles. The van der Waals surface area contributed by atoms with Gasteiger partial charge in [-0.05, 0) is 12.8 Å². The first kappa shape index (κ1) is 28.4. The second-order valence-corrected chi connectivity index (χ2v) is 11.1. The van der Waals surface area contributed by atoms with Crippen LogP contribution in [0.1, 0.15) is 75.2 Å². The average Bonchev–Trinajstić information content (AvgIpc) is 3.55. The number of hydrogen-bond acceptors (Lipinski definition) is 6. The molecule has 0 fully saturated rings. The van der Waals surface area contributed by atoms with Crippen LogP contribution in [0.3, 0.4) is 0 Å². The molecule has 12 heteroatoms. The zero-order chi connectivity index (χ0) is 27.4. The van der Waals surface area contributed by atoms with Gasteiger partial charge in [-0.2, -0.15) is 0 Å². The molecule has 0 saturated carbocycles. The Morgan fingerprint density at radius 1 is 0.474 bits per heavy atom. The number of aromatic nitrogens is 4. The third kappa shape index (κ3) is 5.56. The Kier molecular flexibility index (Phi) is 9.35. The van der Waals surface area contributed by atoms with E-state index < -0.39 is 56.8 Å². The van der Waals surface area contributed by atoms with Gasteiger partial charge in [-0.3, -0.25) is 0 Å². The van der Waals surface area contributed by atoms with E-state index in [0.717, 1.165) is 74.0 Å². The highest BCUT2D eigenvalue weighted by Gasteiger charge is 2.33. The van der Waals surface area contributed by atoms with Crippen molar-refractivity contribution in [2.75, 3.05) is 0 Å². The first-order chi connectivity index (χ1) is 18.3. The summed E-state index contributed by atoms with van der Waals surface area (Å²) < 4.78 is 91.2. The van der Waals surface area contributed by atoms with Crippen LogP contribution in [0.15, 0.2) is 0 Å². The number of nitrogens with zero attached hydrogens (tertiary/aromatic N) is 4. The molecular formula is C26H26F6N4S2. The fraction of sp³-hybridized carbons (Fsp3) is 0.462. The van der Waals surface area contributed by atoms with Gasteiger partial charge in [-0.1, -0.05) is 75.0 Å². The fourth-order valence-electron chi connectivity index (χ4n) is 4.21. The van der Waals surface area contributed by atoms with Crippen molar-refractivity contribution in [1.82, 2.24) is 20.4 Å². The van der Waals surface area contributed by atoms with Crippen LogP contribution in [0, 0.1) is 34.9 Å². The maximum absolute atomic E-state index is 15.6. The molecule has 0 radical (unpaired) electrons. The lowest BCUT2D eigenvalue weighted by molar-refractivity contribution is 0.482. The van der Waals surface area contributed by atoms with Gasteiger partial charge >= 0.3 is 0 Å². The van der Waals surface area contributed by atoms with E-state index in [9.17, 15) is 17.6 Å². The van der Waals surface area contributed by atoms with Crippen LogP contribution >= 0.6 is 22.7 Å². The van der Waals surface area contributed by atoms with Crippen molar-refractivity contribution in [3.05, 3.63) is 44.9 Å². The second-order valence-electron chi connectivity index (χ2n) is 9.01. The highest BCUT2D eigenvalue weighted by molar-refractivity contribution is 7.15. The molecule has 0 saturated heterocycles. The molecule has 38 heavy (non-hydrogen) atoms. The summed E-state index contributed by atoms with van der Waals surface area (Å²) >= 11 is 1.68. The van der Waals surface area contributed by atoms with Crippen molar-refractivity contribution in [2.45, 2.75) is 78.1 Å². The topological polar surface area (TPSA) is 51.6 Å². The summed E-state index contributed by atoms with van der Waals surface area (Å²) in [6.45, 7) is 4.11. The molecular weight excluding hydrogens is 546 g/mol. The molecule has 0 aliphatic rings. The minimum Gasteiger partial charge on any atom is -0.205 e. The number of unbranched alkanes of at least 4 members (excludes halogenated alkanes) is 6. The minimum atomic E-state index is -1.91. The zero-order valence-corrected chi connectivity index (χ0v) is 22.6. The largest absolute Gasteiger partial charge is 0.205 e. The zero-order valence-electron chi connectivity index (χ0n) is 20.9. The number of halogens is 6. The van der Waals surface area contributed by atoms with Crippen molar-refractivity contribution in [3.8, 4) is 21.1 Å². The van der Waals surface area contributed by atoms with E-state index in [2.05, 4.69) is 34.2 Å². The molecule has 0 bridgehead atoms. The molecule has 0 amide bonds. The third-order valence-corrected chi connectivity index (χ3v) is 8.24. The Balaban J connectivity index is 1.78. The molecule has 0 atom stereocenters. The monoisotopic (exact) mass is 572 g/mol. The molecule has 4 aromatic rings. The second kappa shape index (κ2) is 12.5. The number of aryl methyl sites for hydroxylation is 2. The minimum absolute atomic E-state index is 0.317. The van der Waals surface area contributed by atoms with Gasteiger partial charge in [0.15, 0.2) is 33.3 Å². The van der Waals surface area contributed by atoms with Gasteiger partial charge in [0, 0.05) is 12.8 Å². The Bertz CT molecular complexity index is 1330. The number of benzene rings is 2. The summed E-state index contributed by atoms with van der Waals surface area (Å²) in [6.07, 6.45) is 8.53. The predicted octanol–water partition coefficient (Wildman–Crippen LogP) is 8.96. The van der Waals surface area contributed by atoms with Crippen molar-refractivity contribution in [3.63, 3.8) is 0 Å². The van der Waals surface area contributed by atoms with Gasteiger partial charge < -0.3 is 0 Å². The summed E-state index contributed by atoms with van der Waals surface area (Å²) in [5.41, 5.74) is -1.95. The van der Waals surface area contributed by atoms with Crippen molar-refractivity contribution in [1.29, 1.82) is 0 Å². The van der Waals surface area contributed by atoms with Crippen LogP contribution < -0.4 is 0 Å². The first-order valence-electron chi connectivity index (χ1n) is 12.6. The van der Waals surface area contributed by atoms with E-state index in [-0.39, 0.29) is 10.0 Å². The summed E-state index contributed by atoms with van der Waals surface area (Å²) in [4.78, 5) is 0. The normalized spacial score (nSPS) is 11.7. The summed E-state index contributed by atoms with van der Waals surface area (Å²) in [7, 11) is 0. The number of fused-ring (bicyclic) bond motifs is 1. The lowest BCUT2D eigenvalue weighted by Crippen LogP contribution is -2.05. The van der Waals surface area contributed by atoms with E-state index in [1.807, 2.05) is 0 Å². The van der Waals surface area contributed by atoms with Gasteiger partial charge in [-0.25, -0.2) is 26.3 Å². The molecule has 0 N–H and O–H groups in total.